The smallest absolute Gasteiger partial charge is 0.307 e. The average molecular weight is 315 g/mol. The van der Waals surface area contributed by atoms with Gasteiger partial charge in [0, 0.05) is 0 Å². The van der Waals surface area contributed by atoms with Gasteiger partial charge in [0.25, 0.3) is 0 Å². The normalized spacial score (nSPS) is 14.3. The SMILES string of the molecule is COc1c(Br)cc(CC(=O)O)cc1OCC1CC1. The van der Waals surface area contributed by atoms with E-state index >= 15 is 0 Å². The van der Waals surface area contributed by atoms with Crippen molar-refractivity contribution in [3.63, 3.8) is 0 Å². The first kappa shape index (κ1) is 13.2. The lowest BCUT2D eigenvalue weighted by molar-refractivity contribution is -0.136. The number of hydrogen-bond acceptors (Lipinski definition) is 3. The van der Waals surface area contributed by atoms with E-state index in [1.807, 2.05) is 0 Å². The van der Waals surface area contributed by atoms with Crippen molar-refractivity contribution in [1.82, 2.24) is 0 Å². The van der Waals surface area contributed by atoms with Gasteiger partial charge >= 0.3 is 5.97 Å². The largest absolute Gasteiger partial charge is 0.492 e. The zero-order chi connectivity index (χ0) is 13.1. The van der Waals surface area contributed by atoms with Gasteiger partial charge in [-0.05, 0) is 52.4 Å². The van der Waals surface area contributed by atoms with Crippen LogP contribution in [0.15, 0.2) is 16.6 Å². The molecule has 1 aliphatic rings. The van der Waals surface area contributed by atoms with E-state index in [1.54, 1.807) is 19.2 Å². The van der Waals surface area contributed by atoms with Crippen molar-refractivity contribution in [1.29, 1.82) is 0 Å². The van der Waals surface area contributed by atoms with Gasteiger partial charge in [0.05, 0.1) is 24.6 Å². The molecule has 1 fully saturated rings. The maximum Gasteiger partial charge on any atom is 0.307 e. The number of carbonyl (C=O) groups is 1. The van der Waals surface area contributed by atoms with Gasteiger partial charge in [-0.25, -0.2) is 0 Å². The molecule has 5 heteroatoms. The van der Waals surface area contributed by atoms with Crippen molar-refractivity contribution in [2.75, 3.05) is 13.7 Å². The molecule has 2 rings (SSSR count). The first-order valence-electron chi connectivity index (χ1n) is 5.81. The van der Waals surface area contributed by atoms with Gasteiger partial charge in [0.15, 0.2) is 11.5 Å². The molecule has 1 aromatic carbocycles. The average Bonchev–Trinajstić information content (AvgIpc) is 3.08. The minimum Gasteiger partial charge on any atom is -0.492 e. The van der Waals surface area contributed by atoms with Crippen LogP contribution in [-0.2, 0) is 11.2 Å². The molecule has 0 radical (unpaired) electrons. The van der Waals surface area contributed by atoms with Gasteiger partial charge in [0.1, 0.15) is 0 Å². The van der Waals surface area contributed by atoms with Gasteiger partial charge in [-0.3, -0.25) is 4.79 Å². The van der Waals surface area contributed by atoms with E-state index in [9.17, 15) is 4.79 Å². The molecule has 0 amide bonds. The molecule has 1 saturated carbocycles. The fourth-order valence-corrected chi connectivity index (χ4v) is 2.35. The van der Waals surface area contributed by atoms with Gasteiger partial charge in [-0.2, -0.15) is 0 Å². The Balaban J connectivity index is 2.20. The molecule has 0 spiro atoms. The summed E-state index contributed by atoms with van der Waals surface area (Å²) in [6, 6.07) is 3.48. The predicted octanol–water partition coefficient (Wildman–Crippen LogP) is 2.87. The summed E-state index contributed by atoms with van der Waals surface area (Å²) in [4.78, 5) is 10.7. The molecule has 0 heterocycles. The molecule has 0 bridgehead atoms. The first-order chi connectivity index (χ1) is 8.60. The monoisotopic (exact) mass is 314 g/mol. The van der Waals surface area contributed by atoms with Crippen molar-refractivity contribution in [2.45, 2.75) is 19.3 Å². The Kier molecular flexibility index (Phi) is 4.11. The highest BCUT2D eigenvalue weighted by Crippen LogP contribution is 2.38. The molecule has 0 saturated heterocycles. The second kappa shape index (κ2) is 5.61. The van der Waals surface area contributed by atoms with E-state index in [1.165, 1.54) is 12.8 Å². The van der Waals surface area contributed by atoms with E-state index < -0.39 is 5.97 Å². The van der Waals surface area contributed by atoms with Crippen LogP contribution in [0.1, 0.15) is 18.4 Å². The highest BCUT2D eigenvalue weighted by Gasteiger charge is 2.23. The standard InChI is InChI=1S/C13H15BrO4/c1-17-13-10(14)4-9(6-12(15)16)5-11(13)18-7-8-2-3-8/h4-5,8H,2-3,6-7H2,1H3,(H,15,16). The van der Waals surface area contributed by atoms with Crippen LogP contribution in [0, 0.1) is 5.92 Å². The Labute approximate surface area is 114 Å². The highest BCUT2D eigenvalue weighted by molar-refractivity contribution is 9.10. The van der Waals surface area contributed by atoms with Gasteiger partial charge in [0.2, 0.25) is 0 Å². The number of carboxylic acid groups (broad SMARTS) is 1. The number of aliphatic carboxylic acids is 1. The number of methoxy groups -OCH3 is 1. The molecular formula is C13H15BrO4. The number of benzene rings is 1. The van der Waals surface area contributed by atoms with Crippen LogP contribution in [0.25, 0.3) is 0 Å². The van der Waals surface area contributed by atoms with Crippen LogP contribution in [-0.4, -0.2) is 24.8 Å². The van der Waals surface area contributed by atoms with E-state index in [0.717, 1.165) is 4.47 Å². The molecule has 4 nitrogen and oxygen atoms in total. The van der Waals surface area contributed by atoms with Gasteiger partial charge in [-0.15, -0.1) is 0 Å². The van der Waals surface area contributed by atoms with Crippen LogP contribution in [0.3, 0.4) is 0 Å². The zero-order valence-corrected chi connectivity index (χ0v) is 11.7. The van der Waals surface area contributed by atoms with Crippen LogP contribution >= 0.6 is 15.9 Å². The number of halogens is 1. The summed E-state index contributed by atoms with van der Waals surface area (Å²) in [5, 5.41) is 8.82. The number of ether oxygens (including phenoxy) is 2. The van der Waals surface area contributed by atoms with E-state index in [0.29, 0.717) is 29.6 Å². The van der Waals surface area contributed by atoms with Gasteiger partial charge in [-0.1, -0.05) is 0 Å². The maximum atomic E-state index is 10.7. The number of carboxylic acids is 1. The molecule has 18 heavy (non-hydrogen) atoms. The molecule has 0 atom stereocenters. The summed E-state index contributed by atoms with van der Waals surface area (Å²) in [7, 11) is 1.57. The summed E-state index contributed by atoms with van der Waals surface area (Å²) >= 11 is 3.37. The second-order valence-electron chi connectivity index (χ2n) is 4.43. The lowest BCUT2D eigenvalue weighted by atomic mass is 10.1. The van der Waals surface area contributed by atoms with Crippen molar-refractivity contribution in [3.8, 4) is 11.5 Å². The second-order valence-corrected chi connectivity index (χ2v) is 5.29. The van der Waals surface area contributed by atoms with Crippen molar-refractivity contribution < 1.29 is 19.4 Å². The minimum atomic E-state index is -0.861. The Hall–Kier alpha value is -1.23. The lowest BCUT2D eigenvalue weighted by Crippen LogP contribution is -2.04. The van der Waals surface area contributed by atoms with Crippen LogP contribution in [0.2, 0.25) is 0 Å². The van der Waals surface area contributed by atoms with E-state index in [-0.39, 0.29) is 6.42 Å². The van der Waals surface area contributed by atoms with Crippen LogP contribution < -0.4 is 9.47 Å². The summed E-state index contributed by atoms with van der Waals surface area (Å²) in [5.41, 5.74) is 0.695. The Morgan fingerprint density at radius 3 is 2.78 bits per heavy atom. The molecule has 1 aromatic rings. The molecule has 1 aliphatic carbocycles. The molecule has 98 valence electrons. The summed E-state index contributed by atoms with van der Waals surface area (Å²) < 4.78 is 11.7. The maximum absolute atomic E-state index is 10.7. The third-order valence-corrected chi connectivity index (χ3v) is 3.39. The molecule has 0 aliphatic heterocycles. The third-order valence-electron chi connectivity index (χ3n) is 2.80. The molecule has 0 unspecified atom stereocenters. The van der Waals surface area contributed by atoms with Crippen molar-refractivity contribution in [2.24, 2.45) is 5.92 Å². The molecule has 0 aromatic heterocycles. The van der Waals surface area contributed by atoms with Crippen molar-refractivity contribution in [3.05, 3.63) is 22.2 Å². The lowest BCUT2D eigenvalue weighted by Gasteiger charge is -2.13. The molecular weight excluding hydrogens is 300 g/mol. The molecule has 1 N–H and O–H groups in total. The topological polar surface area (TPSA) is 55.8 Å². The van der Waals surface area contributed by atoms with Crippen LogP contribution in [0.5, 0.6) is 11.5 Å². The number of hydrogen-bond donors (Lipinski definition) is 1. The third kappa shape index (κ3) is 3.38. The Morgan fingerprint density at radius 2 is 2.22 bits per heavy atom. The fourth-order valence-electron chi connectivity index (χ4n) is 1.70. The summed E-state index contributed by atoms with van der Waals surface area (Å²) in [6.45, 7) is 0.666. The zero-order valence-electron chi connectivity index (χ0n) is 10.1. The first-order valence-corrected chi connectivity index (χ1v) is 6.60. The Morgan fingerprint density at radius 1 is 1.50 bits per heavy atom. The summed E-state index contributed by atoms with van der Waals surface area (Å²) in [5.74, 6) is 0.997. The van der Waals surface area contributed by atoms with Gasteiger partial charge < -0.3 is 14.6 Å². The highest BCUT2D eigenvalue weighted by atomic mass is 79.9. The number of rotatable bonds is 6. The van der Waals surface area contributed by atoms with Crippen molar-refractivity contribution >= 4 is 21.9 Å². The minimum absolute atomic E-state index is 0.0254. The fraction of sp³-hybridized carbons (Fsp3) is 0.462. The summed E-state index contributed by atoms with van der Waals surface area (Å²) in [6.07, 6.45) is 2.39. The van der Waals surface area contributed by atoms with Crippen LogP contribution in [0.4, 0.5) is 0 Å². The quantitative estimate of drug-likeness (QED) is 0.877. The predicted molar refractivity (Wildman–Crippen MR) is 70.3 cm³/mol. The van der Waals surface area contributed by atoms with E-state index in [2.05, 4.69) is 15.9 Å². The van der Waals surface area contributed by atoms with E-state index in [4.69, 9.17) is 14.6 Å². The Bertz CT molecular complexity index is 455.